The minimum Gasteiger partial charge on any atom is -0.399 e. The van der Waals surface area contributed by atoms with Crippen molar-refractivity contribution in [1.82, 2.24) is 0 Å². The lowest BCUT2D eigenvalue weighted by Gasteiger charge is -2.37. The lowest BCUT2D eigenvalue weighted by atomic mass is 9.73. The van der Waals surface area contributed by atoms with Gasteiger partial charge in [0, 0.05) is 8.80 Å². The molecule has 0 aromatic heterocycles. The van der Waals surface area contributed by atoms with Crippen molar-refractivity contribution < 1.29 is 26.7 Å². The Morgan fingerprint density at radius 3 is 2.06 bits per heavy atom. The first-order valence-electron chi connectivity index (χ1n) is 13.5. The monoisotopic (exact) mass is 504 g/mol. The van der Waals surface area contributed by atoms with Crippen molar-refractivity contribution in [2.24, 2.45) is 17.8 Å². The Hall–Kier alpha value is -1.11. The van der Waals surface area contributed by atoms with E-state index in [9.17, 15) is 22.0 Å². The molecule has 1 heterocycles. The number of hydrogen-bond acceptors (Lipinski definition) is 1. The van der Waals surface area contributed by atoms with Gasteiger partial charge in [0.1, 0.15) is 0 Å². The molecule has 0 bridgehead atoms. The van der Waals surface area contributed by atoms with Crippen LogP contribution in [-0.4, -0.2) is 15.2 Å². The standard InChI is InChI=1S/C27H41F5OSi/c1-2-3-6-15-34-16-13-23(14-17-34)22-11-9-20(10-12-22)7-4-5-8-21-18-24(28)26(25(29)19-21)33-27(30,31)32/h18-20,22-23,34H,2-17H2,1H3/t20-,22-,23?,34?. The normalized spacial score (nSPS) is 25.9. The van der Waals surface area contributed by atoms with E-state index in [1.54, 1.807) is 18.1 Å². The maximum atomic E-state index is 13.9. The molecule has 0 N–H and O–H groups in total. The second-order valence-corrected chi connectivity index (χ2v) is 14.2. The van der Waals surface area contributed by atoms with E-state index in [4.69, 9.17) is 0 Å². The minimum absolute atomic E-state index is 0.377. The van der Waals surface area contributed by atoms with E-state index < -0.39 is 32.5 Å². The van der Waals surface area contributed by atoms with Gasteiger partial charge in [-0.1, -0.05) is 82.8 Å². The van der Waals surface area contributed by atoms with Crippen LogP contribution >= 0.6 is 0 Å². The first-order valence-corrected chi connectivity index (χ1v) is 15.9. The van der Waals surface area contributed by atoms with Crippen LogP contribution in [0.4, 0.5) is 22.0 Å². The van der Waals surface area contributed by atoms with Gasteiger partial charge in [-0.25, -0.2) is 8.78 Å². The molecule has 1 aliphatic heterocycles. The average molecular weight is 505 g/mol. The summed E-state index contributed by atoms with van der Waals surface area (Å²) < 4.78 is 68.0. The van der Waals surface area contributed by atoms with Gasteiger partial charge >= 0.3 is 6.36 Å². The summed E-state index contributed by atoms with van der Waals surface area (Å²) >= 11 is 0. The molecule has 1 aromatic carbocycles. The van der Waals surface area contributed by atoms with Crippen LogP contribution in [-0.2, 0) is 6.42 Å². The van der Waals surface area contributed by atoms with Crippen molar-refractivity contribution in [1.29, 1.82) is 0 Å². The molecule has 1 nitrogen and oxygen atoms in total. The number of aryl methyl sites for hydroxylation is 1. The van der Waals surface area contributed by atoms with Crippen LogP contribution in [0.25, 0.3) is 0 Å². The Bertz CT molecular complexity index is 714. The highest BCUT2D eigenvalue weighted by Gasteiger charge is 2.34. The first-order chi connectivity index (χ1) is 16.2. The highest BCUT2D eigenvalue weighted by atomic mass is 28.3. The number of rotatable bonds is 11. The summed E-state index contributed by atoms with van der Waals surface area (Å²) in [7, 11) is -0.431. The number of halogens is 5. The predicted molar refractivity (Wildman–Crippen MR) is 130 cm³/mol. The van der Waals surface area contributed by atoms with Gasteiger partial charge in [0.25, 0.3) is 0 Å². The van der Waals surface area contributed by atoms with E-state index in [-0.39, 0.29) is 0 Å². The Kier molecular flexibility index (Phi) is 10.7. The van der Waals surface area contributed by atoms with Crippen LogP contribution in [0.15, 0.2) is 12.1 Å². The third kappa shape index (κ3) is 8.83. The fourth-order valence-electron chi connectivity index (χ4n) is 6.31. The van der Waals surface area contributed by atoms with Gasteiger partial charge in [-0.3, -0.25) is 0 Å². The largest absolute Gasteiger partial charge is 0.573 e. The van der Waals surface area contributed by atoms with Gasteiger partial charge in [0.15, 0.2) is 11.6 Å². The third-order valence-electron chi connectivity index (χ3n) is 8.27. The van der Waals surface area contributed by atoms with Crippen LogP contribution in [0.5, 0.6) is 5.75 Å². The van der Waals surface area contributed by atoms with Crippen molar-refractivity contribution in [3.05, 3.63) is 29.3 Å². The lowest BCUT2D eigenvalue weighted by Crippen LogP contribution is -2.28. The molecule has 0 unspecified atom stereocenters. The number of alkyl halides is 3. The minimum atomic E-state index is -5.11. The summed E-state index contributed by atoms with van der Waals surface area (Å²) in [5, 5.41) is 0. The Labute approximate surface area is 203 Å². The van der Waals surface area contributed by atoms with Crippen LogP contribution in [0, 0.1) is 29.4 Å². The summed E-state index contributed by atoms with van der Waals surface area (Å²) in [5.74, 6) is -1.35. The molecule has 3 rings (SSSR count). The van der Waals surface area contributed by atoms with Crippen molar-refractivity contribution >= 4 is 8.80 Å². The van der Waals surface area contributed by atoms with Gasteiger partial charge in [-0.05, 0) is 61.1 Å². The zero-order valence-corrected chi connectivity index (χ0v) is 21.7. The first kappa shape index (κ1) is 27.5. The zero-order chi connectivity index (χ0) is 24.6. The molecule has 7 heteroatoms. The quantitative estimate of drug-likeness (QED) is 0.166. The fraction of sp³-hybridized carbons (Fsp3) is 0.778. The predicted octanol–water partition coefficient (Wildman–Crippen LogP) is 9.21. The zero-order valence-electron chi connectivity index (χ0n) is 20.6. The molecular weight excluding hydrogens is 463 g/mol. The Morgan fingerprint density at radius 2 is 1.47 bits per heavy atom. The molecule has 2 fully saturated rings. The third-order valence-corrected chi connectivity index (χ3v) is 11.8. The number of ether oxygens (including phenoxy) is 1. The molecule has 0 radical (unpaired) electrons. The highest BCUT2D eigenvalue weighted by Crippen LogP contribution is 2.42. The van der Waals surface area contributed by atoms with E-state index in [0.29, 0.717) is 12.0 Å². The molecular formula is C27H41F5OSi. The van der Waals surface area contributed by atoms with Gasteiger partial charge in [-0.2, -0.15) is 0 Å². The molecule has 2 aliphatic rings. The molecule has 1 saturated heterocycles. The average Bonchev–Trinajstić information content (AvgIpc) is 2.80. The van der Waals surface area contributed by atoms with Crippen molar-refractivity contribution in [3.8, 4) is 5.75 Å². The molecule has 1 aromatic rings. The van der Waals surface area contributed by atoms with Crippen LogP contribution in [0.1, 0.15) is 89.5 Å². The van der Waals surface area contributed by atoms with Crippen molar-refractivity contribution in [2.45, 2.75) is 115 Å². The van der Waals surface area contributed by atoms with Gasteiger partial charge in [0.2, 0.25) is 5.75 Å². The summed E-state index contributed by atoms with van der Waals surface area (Å²) in [6.07, 6.45) is 10.7. The molecule has 0 amide bonds. The van der Waals surface area contributed by atoms with Crippen LogP contribution in [0.2, 0.25) is 18.1 Å². The summed E-state index contributed by atoms with van der Waals surface area (Å²) in [6, 6.07) is 6.61. The Balaban J connectivity index is 1.31. The lowest BCUT2D eigenvalue weighted by molar-refractivity contribution is -0.276. The van der Waals surface area contributed by atoms with E-state index in [0.717, 1.165) is 49.1 Å². The maximum absolute atomic E-state index is 13.9. The number of unbranched alkanes of at least 4 members (excludes halogenated alkanes) is 3. The van der Waals surface area contributed by atoms with E-state index in [1.165, 1.54) is 57.8 Å². The SMILES string of the molecule is CCCCC[SiH]1CCC([C@H]2CC[C@H](CCCCc3cc(F)c(OC(F)(F)F)c(F)c3)CC2)CC1. The molecule has 1 saturated carbocycles. The van der Waals surface area contributed by atoms with Crippen molar-refractivity contribution in [3.63, 3.8) is 0 Å². The topological polar surface area (TPSA) is 9.23 Å². The maximum Gasteiger partial charge on any atom is 0.573 e. The van der Waals surface area contributed by atoms with E-state index >= 15 is 0 Å². The van der Waals surface area contributed by atoms with Crippen LogP contribution < -0.4 is 4.74 Å². The van der Waals surface area contributed by atoms with Gasteiger partial charge in [0.05, 0.1) is 0 Å². The van der Waals surface area contributed by atoms with Gasteiger partial charge < -0.3 is 4.74 Å². The molecule has 0 spiro atoms. The molecule has 0 atom stereocenters. The highest BCUT2D eigenvalue weighted by molar-refractivity contribution is 6.58. The Morgan fingerprint density at radius 1 is 0.853 bits per heavy atom. The molecule has 34 heavy (non-hydrogen) atoms. The fourth-order valence-corrected chi connectivity index (χ4v) is 9.84. The summed E-state index contributed by atoms with van der Waals surface area (Å²) in [6.45, 7) is 2.29. The summed E-state index contributed by atoms with van der Waals surface area (Å²) in [5.41, 5.74) is 0.377. The molecule has 194 valence electrons. The summed E-state index contributed by atoms with van der Waals surface area (Å²) in [4.78, 5) is 0. The van der Waals surface area contributed by atoms with Crippen molar-refractivity contribution in [2.75, 3.05) is 0 Å². The van der Waals surface area contributed by atoms with E-state index in [2.05, 4.69) is 11.7 Å². The second kappa shape index (κ2) is 13.3. The number of benzene rings is 1. The van der Waals surface area contributed by atoms with Crippen LogP contribution in [0.3, 0.4) is 0 Å². The number of hydrogen-bond donors (Lipinski definition) is 0. The second-order valence-electron chi connectivity index (χ2n) is 10.7. The van der Waals surface area contributed by atoms with Gasteiger partial charge in [-0.15, -0.1) is 13.2 Å². The molecule has 1 aliphatic carbocycles. The van der Waals surface area contributed by atoms with E-state index in [1.807, 2.05) is 0 Å². The smallest absolute Gasteiger partial charge is 0.399 e.